The minimum Gasteiger partial charge on any atom is -0.354 e. The molecule has 1 aliphatic rings. The highest BCUT2D eigenvalue weighted by atomic mass is 15.3. The number of nitrogens with zero attached hydrogens (tertiary/aromatic N) is 5. The predicted molar refractivity (Wildman–Crippen MR) is 85.4 cm³/mol. The maximum Gasteiger partial charge on any atom is 0.142 e. The minimum absolute atomic E-state index is 0.370. The second kappa shape index (κ2) is 6.54. The van der Waals surface area contributed by atoms with Gasteiger partial charge in [-0.3, -0.25) is 9.88 Å². The van der Waals surface area contributed by atoms with Gasteiger partial charge in [-0.25, -0.2) is 4.98 Å². The number of aromatic nitrogens is 2. The molecule has 0 saturated carbocycles. The van der Waals surface area contributed by atoms with Crippen molar-refractivity contribution in [2.45, 2.75) is 13.0 Å². The summed E-state index contributed by atoms with van der Waals surface area (Å²) in [5, 5.41) is 8.96. The summed E-state index contributed by atoms with van der Waals surface area (Å²) in [6, 6.07) is 12.2. The molecule has 5 nitrogen and oxygen atoms in total. The highest BCUT2D eigenvalue weighted by Gasteiger charge is 2.22. The van der Waals surface area contributed by atoms with Crippen molar-refractivity contribution in [3.05, 3.63) is 54.0 Å². The highest BCUT2D eigenvalue weighted by molar-refractivity contribution is 5.42. The maximum absolute atomic E-state index is 8.96. The number of hydrogen-bond acceptors (Lipinski definition) is 5. The summed E-state index contributed by atoms with van der Waals surface area (Å²) in [7, 11) is 0. The number of hydrogen-bond donors (Lipinski definition) is 0. The Morgan fingerprint density at radius 3 is 2.64 bits per heavy atom. The van der Waals surface area contributed by atoms with Crippen molar-refractivity contribution in [1.29, 1.82) is 5.26 Å². The molecule has 112 valence electrons. The molecule has 0 amide bonds. The van der Waals surface area contributed by atoms with E-state index in [9.17, 15) is 0 Å². The normalized spacial score (nSPS) is 17.0. The molecular formula is C17H19N5. The average Bonchev–Trinajstić information content (AvgIpc) is 2.62. The second-order valence-corrected chi connectivity index (χ2v) is 5.48. The zero-order valence-electron chi connectivity index (χ0n) is 12.7. The fraction of sp³-hybridized carbons (Fsp3) is 0.353. The minimum atomic E-state index is 0.370. The standard InChI is InChI=1S/C17H19N5/c1-14(15-4-3-7-19-13-15)21-8-10-22(11-9-21)17-6-2-5-16(12-18)20-17/h2-7,13-14H,8-11H2,1H3. The van der Waals surface area contributed by atoms with E-state index >= 15 is 0 Å². The Hall–Kier alpha value is -2.45. The van der Waals surface area contributed by atoms with E-state index in [0.29, 0.717) is 11.7 Å². The lowest BCUT2D eigenvalue weighted by Gasteiger charge is -2.38. The molecule has 1 fully saturated rings. The van der Waals surface area contributed by atoms with Crippen LogP contribution in [0.5, 0.6) is 0 Å². The molecule has 0 radical (unpaired) electrons. The van der Waals surface area contributed by atoms with Crippen molar-refractivity contribution >= 4 is 5.82 Å². The Kier molecular flexibility index (Phi) is 4.31. The van der Waals surface area contributed by atoms with E-state index in [1.165, 1.54) is 5.56 Å². The molecule has 0 spiro atoms. The lowest BCUT2D eigenvalue weighted by molar-refractivity contribution is 0.198. The topological polar surface area (TPSA) is 56.1 Å². The van der Waals surface area contributed by atoms with E-state index < -0.39 is 0 Å². The summed E-state index contributed by atoms with van der Waals surface area (Å²) >= 11 is 0. The van der Waals surface area contributed by atoms with Crippen LogP contribution in [0.3, 0.4) is 0 Å². The SMILES string of the molecule is CC(c1cccnc1)N1CCN(c2cccc(C#N)n2)CC1. The summed E-state index contributed by atoms with van der Waals surface area (Å²) in [6.45, 7) is 6.03. The number of rotatable bonds is 3. The molecule has 1 aliphatic heterocycles. The number of piperazine rings is 1. The van der Waals surface area contributed by atoms with Crippen LogP contribution in [0.15, 0.2) is 42.7 Å². The fourth-order valence-corrected chi connectivity index (χ4v) is 2.83. The van der Waals surface area contributed by atoms with E-state index in [4.69, 9.17) is 5.26 Å². The summed E-state index contributed by atoms with van der Waals surface area (Å²) in [6.07, 6.45) is 3.75. The van der Waals surface area contributed by atoms with Crippen molar-refractivity contribution in [3.63, 3.8) is 0 Å². The average molecular weight is 293 g/mol. The molecule has 5 heteroatoms. The zero-order valence-corrected chi connectivity index (χ0v) is 12.7. The zero-order chi connectivity index (χ0) is 15.4. The third-order valence-electron chi connectivity index (χ3n) is 4.20. The van der Waals surface area contributed by atoms with Gasteiger partial charge in [-0.05, 0) is 30.7 Å². The maximum atomic E-state index is 8.96. The van der Waals surface area contributed by atoms with Gasteiger partial charge in [-0.2, -0.15) is 5.26 Å². The monoisotopic (exact) mass is 293 g/mol. The molecular weight excluding hydrogens is 274 g/mol. The van der Waals surface area contributed by atoms with Crippen molar-refractivity contribution in [3.8, 4) is 6.07 Å². The first-order valence-corrected chi connectivity index (χ1v) is 7.54. The van der Waals surface area contributed by atoms with Gasteiger partial charge in [0.05, 0.1) is 0 Å². The number of pyridine rings is 2. The third kappa shape index (κ3) is 3.07. The van der Waals surface area contributed by atoms with E-state index in [-0.39, 0.29) is 0 Å². The quantitative estimate of drug-likeness (QED) is 0.868. The van der Waals surface area contributed by atoms with E-state index in [2.05, 4.69) is 38.8 Å². The van der Waals surface area contributed by atoms with Gasteiger partial charge in [0, 0.05) is 44.6 Å². The fourth-order valence-electron chi connectivity index (χ4n) is 2.83. The lowest BCUT2D eigenvalue weighted by Crippen LogP contribution is -2.47. The Bertz CT molecular complexity index is 656. The van der Waals surface area contributed by atoms with E-state index in [1.54, 1.807) is 6.07 Å². The molecule has 2 aromatic heterocycles. The first-order chi connectivity index (χ1) is 10.8. The molecule has 1 saturated heterocycles. The smallest absolute Gasteiger partial charge is 0.142 e. The van der Waals surface area contributed by atoms with Gasteiger partial charge in [0.2, 0.25) is 0 Å². The Morgan fingerprint density at radius 2 is 1.95 bits per heavy atom. The molecule has 0 aliphatic carbocycles. The third-order valence-corrected chi connectivity index (χ3v) is 4.20. The molecule has 1 atom stereocenters. The van der Waals surface area contributed by atoms with E-state index in [0.717, 1.165) is 32.0 Å². The van der Waals surface area contributed by atoms with Gasteiger partial charge >= 0.3 is 0 Å². The molecule has 0 bridgehead atoms. The molecule has 22 heavy (non-hydrogen) atoms. The lowest BCUT2D eigenvalue weighted by atomic mass is 10.1. The van der Waals surface area contributed by atoms with Gasteiger partial charge in [0.25, 0.3) is 0 Å². The number of nitriles is 1. The van der Waals surface area contributed by atoms with Crippen LogP contribution in [-0.2, 0) is 0 Å². The van der Waals surface area contributed by atoms with Crippen LogP contribution in [0.25, 0.3) is 0 Å². The second-order valence-electron chi connectivity index (χ2n) is 5.48. The van der Waals surface area contributed by atoms with Crippen LogP contribution < -0.4 is 4.90 Å². The molecule has 0 N–H and O–H groups in total. The molecule has 0 aromatic carbocycles. The van der Waals surface area contributed by atoms with E-state index in [1.807, 2.05) is 30.6 Å². The van der Waals surface area contributed by atoms with Crippen LogP contribution >= 0.6 is 0 Å². The van der Waals surface area contributed by atoms with Crippen LogP contribution in [0, 0.1) is 11.3 Å². The summed E-state index contributed by atoms with van der Waals surface area (Å²) < 4.78 is 0. The Labute approximate surface area is 130 Å². The molecule has 3 heterocycles. The van der Waals surface area contributed by atoms with Crippen molar-refractivity contribution in [2.75, 3.05) is 31.1 Å². The van der Waals surface area contributed by atoms with Gasteiger partial charge in [-0.1, -0.05) is 12.1 Å². The summed E-state index contributed by atoms with van der Waals surface area (Å²) in [5.41, 5.74) is 1.73. The van der Waals surface area contributed by atoms with Crippen LogP contribution in [0.1, 0.15) is 24.2 Å². The van der Waals surface area contributed by atoms with Gasteiger partial charge in [0.1, 0.15) is 17.6 Å². The molecule has 3 rings (SSSR count). The van der Waals surface area contributed by atoms with Gasteiger partial charge in [-0.15, -0.1) is 0 Å². The molecule has 2 aromatic rings. The van der Waals surface area contributed by atoms with Gasteiger partial charge in [0.15, 0.2) is 0 Å². The number of anilines is 1. The Morgan fingerprint density at radius 1 is 1.14 bits per heavy atom. The van der Waals surface area contributed by atoms with Crippen molar-refractivity contribution < 1.29 is 0 Å². The largest absolute Gasteiger partial charge is 0.354 e. The first-order valence-electron chi connectivity index (χ1n) is 7.54. The summed E-state index contributed by atoms with van der Waals surface area (Å²) in [5.74, 6) is 0.896. The van der Waals surface area contributed by atoms with Crippen LogP contribution in [0.4, 0.5) is 5.82 Å². The van der Waals surface area contributed by atoms with Gasteiger partial charge < -0.3 is 4.90 Å². The predicted octanol–water partition coefficient (Wildman–Crippen LogP) is 2.23. The van der Waals surface area contributed by atoms with Crippen LogP contribution in [-0.4, -0.2) is 41.0 Å². The van der Waals surface area contributed by atoms with Crippen molar-refractivity contribution in [1.82, 2.24) is 14.9 Å². The first kappa shape index (κ1) is 14.5. The highest BCUT2D eigenvalue weighted by Crippen LogP contribution is 2.22. The van der Waals surface area contributed by atoms with Crippen LogP contribution in [0.2, 0.25) is 0 Å². The summed E-state index contributed by atoms with van der Waals surface area (Å²) in [4.78, 5) is 13.3. The molecule has 1 unspecified atom stereocenters. The van der Waals surface area contributed by atoms with Crippen molar-refractivity contribution in [2.24, 2.45) is 0 Å². The Balaban J connectivity index is 1.64.